The summed E-state index contributed by atoms with van der Waals surface area (Å²) in [6, 6.07) is 9.90. The summed E-state index contributed by atoms with van der Waals surface area (Å²) in [4.78, 5) is 0. The van der Waals surface area contributed by atoms with E-state index in [0.717, 1.165) is 5.56 Å². The highest BCUT2D eigenvalue weighted by Crippen LogP contribution is 2.14. The molecular formula is C13H20NO2. The van der Waals surface area contributed by atoms with Crippen LogP contribution in [0.3, 0.4) is 0 Å². The van der Waals surface area contributed by atoms with Crippen molar-refractivity contribution in [1.29, 1.82) is 0 Å². The van der Waals surface area contributed by atoms with Gasteiger partial charge in [0.25, 0.3) is 0 Å². The minimum atomic E-state index is -0.974. The van der Waals surface area contributed by atoms with Crippen molar-refractivity contribution < 1.29 is 10.2 Å². The van der Waals surface area contributed by atoms with E-state index in [2.05, 4.69) is 12.2 Å². The van der Waals surface area contributed by atoms with Crippen LogP contribution in [0.15, 0.2) is 30.3 Å². The number of hydrogen-bond acceptors (Lipinski definition) is 3. The summed E-state index contributed by atoms with van der Waals surface area (Å²) in [7, 11) is 0. The molecule has 3 nitrogen and oxygen atoms in total. The fourth-order valence-electron chi connectivity index (χ4n) is 1.54. The number of benzene rings is 1. The normalized spacial score (nSPS) is 14.7. The maximum Gasteiger partial charge on any atom is 0.116 e. The van der Waals surface area contributed by atoms with Crippen molar-refractivity contribution in [3.8, 4) is 0 Å². The molecule has 0 saturated carbocycles. The Bertz CT molecular complexity index is 289. The maximum atomic E-state index is 10.1. The zero-order valence-corrected chi connectivity index (χ0v) is 9.52. The lowest BCUT2D eigenvalue weighted by Gasteiger charge is -2.28. The van der Waals surface area contributed by atoms with E-state index in [1.54, 1.807) is 0 Å². The molecule has 0 aliphatic heterocycles. The molecule has 0 saturated heterocycles. The van der Waals surface area contributed by atoms with E-state index >= 15 is 0 Å². The standard InChI is InChI=1S/C13H20NO2/c1-2-13(16,9-6-10-15)14-11-12-7-4-3-5-8-12/h3-5,7-8,14-16H,1-2,6,9-11H2. The molecule has 0 aliphatic rings. The van der Waals surface area contributed by atoms with Gasteiger partial charge in [0.05, 0.1) is 0 Å². The van der Waals surface area contributed by atoms with Crippen molar-refractivity contribution in [3.63, 3.8) is 0 Å². The quantitative estimate of drug-likeness (QED) is 0.612. The summed E-state index contributed by atoms with van der Waals surface area (Å²) in [5.41, 5.74) is 0.150. The van der Waals surface area contributed by atoms with Crippen LogP contribution in [0.25, 0.3) is 0 Å². The molecule has 0 heterocycles. The molecule has 1 radical (unpaired) electrons. The Morgan fingerprint density at radius 3 is 2.50 bits per heavy atom. The molecule has 0 bridgehead atoms. The van der Waals surface area contributed by atoms with Gasteiger partial charge in [-0.1, -0.05) is 30.3 Å². The first-order valence-electron chi connectivity index (χ1n) is 5.61. The molecule has 1 atom stereocenters. The van der Waals surface area contributed by atoms with Gasteiger partial charge in [0, 0.05) is 13.2 Å². The molecule has 89 valence electrons. The van der Waals surface area contributed by atoms with Crippen molar-refractivity contribution in [2.75, 3.05) is 6.61 Å². The summed E-state index contributed by atoms with van der Waals surface area (Å²) in [6.45, 7) is 4.43. The molecule has 0 aromatic heterocycles. The molecule has 16 heavy (non-hydrogen) atoms. The Morgan fingerprint density at radius 2 is 1.94 bits per heavy atom. The average Bonchev–Trinajstić information content (AvgIpc) is 2.35. The largest absolute Gasteiger partial charge is 0.396 e. The van der Waals surface area contributed by atoms with Crippen LogP contribution >= 0.6 is 0 Å². The highest BCUT2D eigenvalue weighted by Gasteiger charge is 2.22. The van der Waals surface area contributed by atoms with Crippen LogP contribution in [0.4, 0.5) is 0 Å². The Morgan fingerprint density at radius 1 is 1.25 bits per heavy atom. The molecule has 1 aromatic rings. The van der Waals surface area contributed by atoms with Gasteiger partial charge in [0.2, 0.25) is 0 Å². The Labute approximate surface area is 97.1 Å². The number of aliphatic hydroxyl groups is 2. The lowest BCUT2D eigenvalue weighted by molar-refractivity contribution is -0.00805. The van der Waals surface area contributed by atoms with Gasteiger partial charge in [-0.3, -0.25) is 5.32 Å². The molecule has 1 unspecified atom stereocenters. The summed E-state index contributed by atoms with van der Waals surface area (Å²) >= 11 is 0. The van der Waals surface area contributed by atoms with E-state index in [-0.39, 0.29) is 6.61 Å². The topological polar surface area (TPSA) is 52.5 Å². The predicted octanol–water partition coefficient (Wildman–Crippen LogP) is 1.46. The third-order valence-electron chi connectivity index (χ3n) is 2.63. The summed E-state index contributed by atoms with van der Waals surface area (Å²) in [5.74, 6) is 0. The molecule has 1 aromatic carbocycles. The fourth-order valence-corrected chi connectivity index (χ4v) is 1.54. The smallest absolute Gasteiger partial charge is 0.116 e. The van der Waals surface area contributed by atoms with Gasteiger partial charge >= 0.3 is 0 Å². The highest BCUT2D eigenvalue weighted by atomic mass is 16.3. The van der Waals surface area contributed by atoms with Crippen molar-refractivity contribution >= 4 is 0 Å². The van der Waals surface area contributed by atoms with E-state index < -0.39 is 5.72 Å². The maximum absolute atomic E-state index is 10.1. The lowest BCUT2D eigenvalue weighted by atomic mass is 10.0. The second-order valence-corrected chi connectivity index (χ2v) is 3.95. The Hall–Kier alpha value is -0.900. The first kappa shape index (κ1) is 13.2. The molecule has 1 rings (SSSR count). The van der Waals surface area contributed by atoms with Gasteiger partial charge in [-0.2, -0.15) is 0 Å². The van der Waals surface area contributed by atoms with Crippen molar-refractivity contribution in [1.82, 2.24) is 5.32 Å². The summed E-state index contributed by atoms with van der Waals surface area (Å²) < 4.78 is 0. The van der Waals surface area contributed by atoms with Crippen LogP contribution in [0.1, 0.15) is 24.8 Å². The van der Waals surface area contributed by atoms with Crippen LogP contribution in [0.5, 0.6) is 0 Å². The second-order valence-electron chi connectivity index (χ2n) is 3.95. The van der Waals surface area contributed by atoms with Crippen LogP contribution in [0, 0.1) is 6.92 Å². The first-order valence-corrected chi connectivity index (χ1v) is 5.61. The van der Waals surface area contributed by atoms with Crippen LogP contribution in [-0.4, -0.2) is 22.5 Å². The number of nitrogens with one attached hydrogen (secondary N) is 1. The van der Waals surface area contributed by atoms with E-state index in [1.165, 1.54) is 0 Å². The molecule has 0 spiro atoms. The van der Waals surface area contributed by atoms with E-state index in [9.17, 15) is 5.11 Å². The zero-order chi connectivity index (χ0) is 11.9. The van der Waals surface area contributed by atoms with E-state index in [1.807, 2.05) is 30.3 Å². The minimum absolute atomic E-state index is 0.0926. The predicted molar refractivity (Wildman–Crippen MR) is 64.5 cm³/mol. The molecule has 0 fully saturated rings. The summed E-state index contributed by atoms with van der Waals surface area (Å²) in [6.07, 6.45) is 1.48. The number of rotatable bonds is 7. The van der Waals surface area contributed by atoms with E-state index in [4.69, 9.17) is 5.11 Å². The number of hydrogen-bond donors (Lipinski definition) is 3. The monoisotopic (exact) mass is 222 g/mol. The lowest BCUT2D eigenvalue weighted by Crippen LogP contribution is -2.44. The van der Waals surface area contributed by atoms with Gasteiger partial charge < -0.3 is 10.2 Å². The van der Waals surface area contributed by atoms with Gasteiger partial charge in [-0.25, -0.2) is 0 Å². The summed E-state index contributed by atoms with van der Waals surface area (Å²) in [5, 5.41) is 22.0. The fraction of sp³-hybridized carbons (Fsp3) is 0.462. The van der Waals surface area contributed by atoms with Gasteiger partial charge in [0.1, 0.15) is 5.72 Å². The van der Waals surface area contributed by atoms with E-state index in [0.29, 0.717) is 25.8 Å². The highest BCUT2D eigenvalue weighted by molar-refractivity contribution is 5.14. The Kier molecular flexibility index (Phi) is 5.46. The molecule has 3 heteroatoms. The molecular weight excluding hydrogens is 202 g/mol. The Balaban J connectivity index is 2.44. The van der Waals surface area contributed by atoms with Crippen LogP contribution < -0.4 is 5.32 Å². The minimum Gasteiger partial charge on any atom is -0.396 e. The van der Waals surface area contributed by atoms with Gasteiger partial charge in [-0.15, -0.1) is 0 Å². The molecule has 0 aliphatic carbocycles. The van der Waals surface area contributed by atoms with Crippen molar-refractivity contribution in [2.24, 2.45) is 0 Å². The SMILES string of the molecule is [CH2]CC(O)(CCCO)NCc1ccccc1. The molecule has 3 N–H and O–H groups in total. The van der Waals surface area contributed by atoms with Crippen molar-refractivity contribution in [2.45, 2.75) is 31.5 Å². The number of aliphatic hydroxyl groups excluding tert-OH is 1. The average molecular weight is 222 g/mol. The van der Waals surface area contributed by atoms with Gasteiger partial charge in [-0.05, 0) is 31.7 Å². The first-order chi connectivity index (χ1) is 7.70. The van der Waals surface area contributed by atoms with Crippen LogP contribution in [0.2, 0.25) is 0 Å². The van der Waals surface area contributed by atoms with Gasteiger partial charge in [0.15, 0.2) is 0 Å². The third kappa shape index (κ3) is 4.31. The second kappa shape index (κ2) is 6.63. The van der Waals surface area contributed by atoms with Crippen LogP contribution in [-0.2, 0) is 6.54 Å². The molecule has 0 amide bonds. The van der Waals surface area contributed by atoms with Crippen molar-refractivity contribution in [3.05, 3.63) is 42.8 Å². The zero-order valence-electron chi connectivity index (χ0n) is 9.52. The third-order valence-corrected chi connectivity index (χ3v) is 2.63.